The van der Waals surface area contributed by atoms with Crippen LogP contribution in [0.15, 0.2) is 39.6 Å². The Bertz CT molecular complexity index is 1120. The van der Waals surface area contributed by atoms with Gasteiger partial charge in [0.05, 0.1) is 11.3 Å². The molecule has 0 saturated heterocycles. The zero-order valence-corrected chi connectivity index (χ0v) is 15.1. The number of carboxylic acids is 1. The predicted octanol–water partition coefficient (Wildman–Crippen LogP) is 4.13. The molecule has 146 valence electrons. The molecule has 0 amide bonds. The minimum Gasteiger partial charge on any atom is -0.477 e. The lowest BCUT2D eigenvalue weighted by molar-refractivity contribution is -0.137. The second kappa shape index (κ2) is 6.66. The van der Waals surface area contributed by atoms with Crippen LogP contribution in [0.5, 0.6) is 0 Å². The van der Waals surface area contributed by atoms with Gasteiger partial charge in [0.1, 0.15) is 11.3 Å². The van der Waals surface area contributed by atoms with Crippen molar-refractivity contribution in [2.45, 2.75) is 26.9 Å². The number of rotatable bonds is 3. The predicted molar refractivity (Wildman–Crippen MR) is 93.7 cm³/mol. The van der Waals surface area contributed by atoms with Crippen molar-refractivity contribution in [2.24, 2.45) is 0 Å². The van der Waals surface area contributed by atoms with E-state index in [1.807, 2.05) is 0 Å². The second-order valence-electron chi connectivity index (χ2n) is 6.25. The Morgan fingerprint density at radius 3 is 2.39 bits per heavy atom. The van der Waals surface area contributed by atoms with E-state index in [2.05, 4.69) is 5.16 Å². The van der Waals surface area contributed by atoms with E-state index in [4.69, 9.17) is 4.52 Å². The summed E-state index contributed by atoms with van der Waals surface area (Å²) in [7, 11) is 0. The number of aromatic carboxylic acids is 1. The van der Waals surface area contributed by atoms with Gasteiger partial charge in [0.15, 0.2) is 0 Å². The second-order valence-corrected chi connectivity index (χ2v) is 6.25. The van der Waals surface area contributed by atoms with Gasteiger partial charge in [-0.3, -0.25) is 9.36 Å². The fraction of sp³-hybridized carbons (Fsp3) is 0.211. The highest BCUT2D eigenvalue weighted by molar-refractivity contribution is 5.89. The number of carbonyl (C=O) groups is 1. The summed E-state index contributed by atoms with van der Waals surface area (Å²) in [6.45, 7) is 4.79. The lowest BCUT2D eigenvalue weighted by Gasteiger charge is -2.17. The molecule has 3 aromatic rings. The largest absolute Gasteiger partial charge is 0.477 e. The van der Waals surface area contributed by atoms with Gasteiger partial charge in [-0.25, -0.2) is 4.79 Å². The number of hydrogen-bond acceptors (Lipinski definition) is 4. The maximum atomic E-state index is 13.1. The van der Waals surface area contributed by atoms with Crippen molar-refractivity contribution in [3.05, 3.63) is 69.0 Å². The summed E-state index contributed by atoms with van der Waals surface area (Å²) in [5.74, 6) is -1.09. The molecule has 3 rings (SSSR count). The first-order valence-electron chi connectivity index (χ1n) is 8.13. The van der Waals surface area contributed by atoms with Gasteiger partial charge in [-0.2, -0.15) is 13.2 Å². The normalized spacial score (nSPS) is 11.6. The van der Waals surface area contributed by atoms with Crippen LogP contribution >= 0.6 is 0 Å². The molecule has 6 nitrogen and oxygen atoms in total. The van der Waals surface area contributed by atoms with E-state index in [9.17, 15) is 27.9 Å². The van der Waals surface area contributed by atoms with Gasteiger partial charge in [-0.1, -0.05) is 11.2 Å². The van der Waals surface area contributed by atoms with Gasteiger partial charge in [-0.15, -0.1) is 0 Å². The first-order valence-corrected chi connectivity index (χ1v) is 8.13. The third kappa shape index (κ3) is 3.19. The average Bonchev–Trinajstić information content (AvgIpc) is 2.93. The number of alkyl halides is 3. The van der Waals surface area contributed by atoms with E-state index < -0.39 is 28.8 Å². The van der Waals surface area contributed by atoms with Gasteiger partial charge in [0, 0.05) is 22.5 Å². The number of pyridine rings is 1. The molecule has 0 radical (unpaired) electrons. The monoisotopic (exact) mass is 392 g/mol. The molecule has 2 heterocycles. The van der Waals surface area contributed by atoms with Crippen molar-refractivity contribution >= 4 is 5.97 Å². The average molecular weight is 392 g/mol. The summed E-state index contributed by atoms with van der Waals surface area (Å²) in [6.07, 6.45) is -4.61. The van der Waals surface area contributed by atoms with Crippen molar-refractivity contribution < 1.29 is 27.6 Å². The van der Waals surface area contributed by atoms with E-state index in [1.165, 1.54) is 19.1 Å². The van der Waals surface area contributed by atoms with Crippen LogP contribution in [0, 0.1) is 20.8 Å². The molecule has 1 N–H and O–H groups in total. The Hall–Kier alpha value is -3.36. The molecule has 2 aromatic heterocycles. The standard InChI is InChI=1S/C19H15F3N2O4/c1-9-16(11(3)28-23-9)14-8-15(18(26)27)17(25)24(10(14)2)13-6-4-5-12(7-13)19(20,21)22/h4-8H,1-3H3,(H,26,27). The van der Waals surface area contributed by atoms with Gasteiger partial charge in [0.2, 0.25) is 0 Å². The first-order chi connectivity index (χ1) is 13.0. The lowest BCUT2D eigenvalue weighted by Crippen LogP contribution is -2.27. The molecule has 0 fully saturated rings. The number of aryl methyl sites for hydroxylation is 2. The molecule has 0 spiro atoms. The van der Waals surface area contributed by atoms with Gasteiger partial charge in [0.25, 0.3) is 5.56 Å². The molecule has 0 saturated carbocycles. The zero-order chi connectivity index (χ0) is 20.8. The summed E-state index contributed by atoms with van der Waals surface area (Å²) in [6, 6.07) is 5.34. The van der Waals surface area contributed by atoms with Crippen LogP contribution < -0.4 is 5.56 Å². The van der Waals surface area contributed by atoms with E-state index >= 15 is 0 Å². The Labute approximate surface area is 156 Å². The minimum absolute atomic E-state index is 0.0894. The number of benzene rings is 1. The maximum Gasteiger partial charge on any atom is 0.416 e. The molecule has 0 unspecified atom stereocenters. The maximum absolute atomic E-state index is 13.1. The van der Waals surface area contributed by atoms with Crippen LogP contribution in [-0.4, -0.2) is 20.8 Å². The SMILES string of the molecule is Cc1noc(C)c1-c1cc(C(=O)O)c(=O)n(-c2cccc(C(F)(F)F)c2)c1C. The highest BCUT2D eigenvalue weighted by Gasteiger charge is 2.31. The topological polar surface area (TPSA) is 85.3 Å². The summed E-state index contributed by atoms with van der Waals surface area (Å²) in [5.41, 5.74) is -0.983. The Morgan fingerprint density at radius 1 is 1.18 bits per heavy atom. The molecule has 0 aliphatic carbocycles. The van der Waals surface area contributed by atoms with Crippen LogP contribution in [0.1, 0.15) is 33.1 Å². The molecule has 28 heavy (non-hydrogen) atoms. The number of hydrogen-bond donors (Lipinski definition) is 1. The highest BCUT2D eigenvalue weighted by atomic mass is 19.4. The van der Waals surface area contributed by atoms with Crippen LogP contribution in [0.25, 0.3) is 16.8 Å². The van der Waals surface area contributed by atoms with Crippen molar-refractivity contribution in [2.75, 3.05) is 0 Å². The Morgan fingerprint density at radius 2 is 1.86 bits per heavy atom. The summed E-state index contributed by atoms with van der Waals surface area (Å²) in [5, 5.41) is 13.3. The number of halogens is 3. The fourth-order valence-corrected chi connectivity index (χ4v) is 3.11. The molecular formula is C19H15F3N2O4. The van der Waals surface area contributed by atoms with Crippen molar-refractivity contribution in [1.82, 2.24) is 9.72 Å². The number of carboxylic acid groups (broad SMARTS) is 1. The smallest absolute Gasteiger partial charge is 0.416 e. The fourth-order valence-electron chi connectivity index (χ4n) is 3.11. The first kappa shape index (κ1) is 19.4. The molecular weight excluding hydrogens is 377 g/mol. The Kier molecular flexibility index (Phi) is 4.62. The van der Waals surface area contributed by atoms with Crippen molar-refractivity contribution in [3.63, 3.8) is 0 Å². The van der Waals surface area contributed by atoms with E-state index in [0.29, 0.717) is 22.6 Å². The molecule has 0 aliphatic heterocycles. The van der Waals surface area contributed by atoms with Gasteiger partial charge in [-0.05, 0) is 45.0 Å². The van der Waals surface area contributed by atoms with E-state index in [1.54, 1.807) is 13.8 Å². The summed E-state index contributed by atoms with van der Waals surface area (Å²) >= 11 is 0. The summed E-state index contributed by atoms with van der Waals surface area (Å²) in [4.78, 5) is 24.3. The van der Waals surface area contributed by atoms with Crippen molar-refractivity contribution in [3.8, 4) is 16.8 Å². The van der Waals surface area contributed by atoms with E-state index in [-0.39, 0.29) is 11.4 Å². The molecule has 0 atom stereocenters. The zero-order valence-electron chi connectivity index (χ0n) is 15.1. The molecule has 1 aromatic carbocycles. The number of aromatic nitrogens is 2. The Balaban J connectivity index is 2.40. The third-order valence-electron chi connectivity index (χ3n) is 4.41. The van der Waals surface area contributed by atoms with Crippen LogP contribution in [-0.2, 0) is 6.18 Å². The van der Waals surface area contributed by atoms with Crippen LogP contribution in [0.4, 0.5) is 13.2 Å². The molecule has 0 bridgehead atoms. The summed E-state index contributed by atoms with van der Waals surface area (Å²) < 4.78 is 45.4. The quantitative estimate of drug-likeness (QED) is 0.724. The number of nitrogens with zero attached hydrogens (tertiary/aromatic N) is 2. The minimum atomic E-state index is -4.61. The van der Waals surface area contributed by atoms with E-state index in [0.717, 1.165) is 22.8 Å². The van der Waals surface area contributed by atoms with Crippen molar-refractivity contribution in [1.29, 1.82) is 0 Å². The molecule has 9 heteroatoms. The lowest BCUT2D eigenvalue weighted by atomic mass is 10.00. The highest BCUT2D eigenvalue weighted by Crippen LogP contribution is 2.33. The third-order valence-corrected chi connectivity index (χ3v) is 4.41. The van der Waals surface area contributed by atoms with Crippen LogP contribution in [0.2, 0.25) is 0 Å². The van der Waals surface area contributed by atoms with Gasteiger partial charge < -0.3 is 9.63 Å². The van der Waals surface area contributed by atoms with Gasteiger partial charge >= 0.3 is 12.1 Å². The van der Waals surface area contributed by atoms with Crippen LogP contribution in [0.3, 0.4) is 0 Å². The molecule has 0 aliphatic rings.